The van der Waals surface area contributed by atoms with E-state index in [-0.39, 0.29) is 5.56 Å². The van der Waals surface area contributed by atoms with E-state index in [0.29, 0.717) is 13.2 Å². The molecular weight excluding hydrogens is 418 g/mol. The molecule has 0 heterocycles. The third-order valence-electron chi connectivity index (χ3n) is 4.47. The molecule has 4 nitrogen and oxygen atoms in total. The molecule has 0 aliphatic heterocycles. The molecule has 0 saturated heterocycles. The van der Waals surface area contributed by atoms with Gasteiger partial charge in [0.15, 0.2) is 0 Å². The molecule has 5 heteroatoms. The molecule has 28 heavy (non-hydrogen) atoms. The summed E-state index contributed by atoms with van der Waals surface area (Å²) >= 11 is 3.53. The Labute approximate surface area is 173 Å². The Morgan fingerprint density at radius 1 is 1.04 bits per heavy atom. The van der Waals surface area contributed by atoms with Gasteiger partial charge < -0.3 is 15.2 Å². The predicted molar refractivity (Wildman–Crippen MR) is 115 cm³/mol. The van der Waals surface area contributed by atoms with Gasteiger partial charge in [-0.15, -0.1) is 0 Å². The number of ether oxygens (including phenoxy) is 1. The summed E-state index contributed by atoms with van der Waals surface area (Å²) in [7, 11) is 0. The smallest absolute Gasteiger partial charge is 0.335 e. The number of nitrogens with one attached hydrogen (secondary N) is 1. The minimum Gasteiger partial charge on any atom is -0.489 e. The van der Waals surface area contributed by atoms with Crippen LogP contribution in [0.1, 0.15) is 32.6 Å². The van der Waals surface area contributed by atoms with Crippen LogP contribution in [-0.2, 0) is 13.2 Å². The average Bonchev–Trinajstić information content (AvgIpc) is 2.67. The molecule has 0 atom stereocenters. The van der Waals surface area contributed by atoms with Gasteiger partial charge in [0.1, 0.15) is 12.4 Å². The van der Waals surface area contributed by atoms with Gasteiger partial charge in [-0.25, -0.2) is 4.79 Å². The lowest BCUT2D eigenvalue weighted by Gasteiger charge is -2.15. The number of hydrogen-bond donors (Lipinski definition) is 2. The van der Waals surface area contributed by atoms with Gasteiger partial charge in [0, 0.05) is 22.3 Å². The molecule has 3 rings (SSSR count). The Bertz CT molecular complexity index is 984. The maximum absolute atomic E-state index is 11.0. The van der Waals surface area contributed by atoms with E-state index in [1.807, 2.05) is 18.2 Å². The molecule has 3 aromatic rings. The highest BCUT2D eigenvalue weighted by Crippen LogP contribution is 2.26. The standard InChI is InChI=1S/C23H22BrNO3/c1-15-3-9-21(16(2)11-15)25-13-19-12-20(24)8-10-22(19)28-14-17-4-6-18(7-5-17)23(26)27/h3-12,25H,13-14H2,1-2H3,(H,26,27). The summed E-state index contributed by atoms with van der Waals surface area (Å²) in [4.78, 5) is 11.0. The molecule has 144 valence electrons. The van der Waals surface area contributed by atoms with Crippen molar-refractivity contribution in [3.63, 3.8) is 0 Å². The normalized spacial score (nSPS) is 10.5. The van der Waals surface area contributed by atoms with Crippen LogP contribution in [0, 0.1) is 13.8 Å². The number of carboxylic acid groups (broad SMARTS) is 1. The van der Waals surface area contributed by atoms with E-state index >= 15 is 0 Å². The van der Waals surface area contributed by atoms with E-state index in [2.05, 4.69) is 53.3 Å². The van der Waals surface area contributed by atoms with Gasteiger partial charge in [-0.2, -0.15) is 0 Å². The van der Waals surface area contributed by atoms with Crippen LogP contribution < -0.4 is 10.1 Å². The van der Waals surface area contributed by atoms with Crippen molar-refractivity contribution in [1.82, 2.24) is 0 Å². The van der Waals surface area contributed by atoms with Crippen molar-refractivity contribution in [3.05, 3.63) is 93.0 Å². The first-order valence-electron chi connectivity index (χ1n) is 8.97. The van der Waals surface area contributed by atoms with Crippen LogP contribution in [0.4, 0.5) is 5.69 Å². The van der Waals surface area contributed by atoms with Crippen molar-refractivity contribution in [2.45, 2.75) is 27.0 Å². The highest BCUT2D eigenvalue weighted by Gasteiger charge is 2.08. The van der Waals surface area contributed by atoms with Crippen LogP contribution in [0.2, 0.25) is 0 Å². The van der Waals surface area contributed by atoms with Gasteiger partial charge in [-0.3, -0.25) is 0 Å². The maximum atomic E-state index is 11.0. The van der Waals surface area contributed by atoms with Gasteiger partial charge in [-0.1, -0.05) is 45.8 Å². The van der Waals surface area contributed by atoms with E-state index in [0.717, 1.165) is 27.0 Å². The number of aryl methyl sites for hydroxylation is 2. The summed E-state index contributed by atoms with van der Waals surface area (Å²) in [5.74, 6) is -0.136. The minimum absolute atomic E-state index is 0.269. The average molecular weight is 440 g/mol. The summed E-state index contributed by atoms with van der Waals surface area (Å²) in [5.41, 5.74) is 5.77. The highest BCUT2D eigenvalue weighted by atomic mass is 79.9. The molecule has 0 aromatic heterocycles. The van der Waals surface area contributed by atoms with E-state index in [1.165, 1.54) is 11.1 Å². The van der Waals surface area contributed by atoms with Crippen molar-refractivity contribution in [2.75, 3.05) is 5.32 Å². The van der Waals surface area contributed by atoms with Gasteiger partial charge in [-0.05, 0) is 61.4 Å². The Morgan fingerprint density at radius 2 is 1.79 bits per heavy atom. The first-order valence-corrected chi connectivity index (χ1v) is 9.76. The SMILES string of the molecule is Cc1ccc(NCc2cc(Br)ccc2OCc2ccc(C(=O)O)cc2)c(C)c1. The van der Waals surface area contributed by atoms with Crippen LogP contribution in [0.25, 0.3) is 0 Å². The van der Waals surface area contributed by atoms with E-state index in [4.69, 9.17) is 9.84 Å². The van der Waals surface area contributed by atoms with Crippen molar-refractivity contribution in [2.24, 2.45) is 0 Å². The summed E-state index contributed by atoms with van der Waals surface area (Å²) in [6.45, 7) is 5.18. The molecule has 0 bridgehead atoms. The van der Waals surface area contributed by atoms with Crippen molar-refractivity contribution in [1.29, 1.82) is 0 Å². The molecule has 3 aromatic carbocycles. The number of benzene rings is 3. The largest absolute Gasteiger partial charge is 0.489 e. The lowest BCUT2D eigenvalue weighted by molar-refractivity contribution is 0.0697. The van der Waals surface area contributed by atoms with Crippen molar-refractivity contribution in [3.8, 4) is 5.75 Å². The lowest BCUT2D eigenvalue weighted by Crippen LogP contribution is -2.05. The second-order valence-corrected chi connectivity index (χ2v) is 7.63. The quantitative estimate of drug-likeness (QED) is 0.476. The fourth-order valence-electron chi connectivity index (χ4n) is 2.93. The van der Waals surface area contributed by atoms with E-state index in [1.54, 1.807) is 24.3 Å². The lowest BCUT2D eigenvalue weighted by atomic mass is 10.1. The Kier molecular flexibility index (Phi) is 6.37. The summed E-state index contributed by atoms with van der Waals surface area (Å²) < 4.78 is 7.00. The van der Waals surface area contributed by atoms with Gasteiger partial charge >= 0.3 is 5.97 Å². The molecule has 2 N–H and O–H groups in total. The second-order valence-electron chi connectivity index (χ2n) is 6.71. The Morgan fingerprint density at radius 3 is 2.46 bits per heavy atom. The first kappa shape index (κ1) is 20.0. The molecule has 0 amide bonds. The molecule has 0 radical (unpaired) electrons. The van der Waals surface area contributed by atoms with Crippen LogP contribution in [0.5, 0.6) is 5.75 Å². The van der Waals surface area contributed by atoms with Crippen LogP contribution >= 0.6 is 15.9 Å². The zero-order valence-corrected chi connectivity index (χ0v) is 17.4. The minimum atomic E-state index is -0.930. The molecular formula is C23H22BrNO3. The number of anilines is 1. The van der Waals surface area contributed by atoms with E-state index in [9.17, 15) is 4.79 Å². The molecule has 0 aliphatic carbocycles. The van der Waals surface area contributed by atoms with Gasteiger partial charge in [0.2, 0.25) is 0 Å². The Hall–Kier alpha value is -2.79. The fourth-order valence-corrected chi connectivity index (χ4v) is 3.34. The van der Waals surface area contributed by atoms with Crippen LogP contribution in [0.15, 0.2) is 65.1 Å². The van der Waals surface area contributed by atoms with Gasteiger partial charge in [0.05, 0.1) is 5.56 Å². The number of halogens is 1. The number of rotatable bonds is 7. The molecule has 0 unspecified atom stereocenters. The first-order chi connectivity index (χ1) is 13.4. The predicted octanol–water partition coefficient (Wildman–Crippen LogP) is 5.96. The number of carboxylic acids is 1. The third-order valence-corrected chi connectivity index (χ3v) is 4.96. The number of aromatic carboxylic acids is 1. The molecule has 0 fully saturated rings. The molecule has 0 saturated carbocycles. The molecule has 0 aliphatic rings. The van der Waals surface area contributed by atoms with Gasteiger partial charge in [0.25, 0.3) is 0 Å². The van der Waals surface area contributed by atoms with Crippen LogP contribution in [0.3, 0.4) is 0 Å². The topological polar surface area (TPSA) is 58.6 Å². The zero-order chi connectivity index (χ0) is 20.1. The monoisotopic (exact) mass is 439 g/mol. The highest BCUT2D eigenvalue weighted by molar-refractivity contribution is 9.10. The molecule has 0 spiro atoms. The summed E-state index contributed by atoms with van der Waals surface area (Å²) in [6.07, 6.45) is 0. The van der Waals surface area contributed by atoms with Crippen molar-refractivity contribution < 1.29 is 14.6 Å². The fraction of sp³-hybridized carbons (Fsp3) is 0.174. The second kappa shape index (κ2) is 8.93. The van der Waals surface area contributed by atoms with Crippen LogP contribution in [-0.4, -0.2) is 11.1 Å². The summed E-state index contributed by atoms with van der Waals surface area (Å²) in [5, 5.41) is 12.5. The third kappa shape index (κ3) is 5.14. The van der Waals surface area contributed by atoms with Crippen molar-refractivity contribution >= 4 is 27.6 Å². The Balaban J connectivity index is 1.70. The maximum Gasteiger partial charge on any atom is 0.335 e. The number of hydrogen-bond acceptors (Lipinski definition) is 3. The number of carbonyl (C=O) groups is 1. The van der Waals surface area contributed by atoms with E-state index < -0.39 is 5.97 Å². The zero-order valence-electron chi connectivity index (χ0n) is 15.8. The summed E-state index contributed by atoms with van der Waals surface area (Å²) in [6, 6.07) is 19.0.